The van der Waals surface area contributed by atoms with Gasteiger partial charge in [-0.05, 0) is 12.1 Å². The fraction of sp³-hybridized carbons (Fsp3) is 0.429. The summed E-state index contributed by atoms with van der Waals surface area (Å²) in [7, 11) is 5.12. The molecular formula is C14H19NO7. The lowest BCUT2D eigenvalue weighted by Crippen LogP contribution is -2.49. The summed E-state index contributed by atoms with van der Waals surface area (Å²) in [6.07, 6.45) is -0.642. The van der Waals surface area contributed by atoms with E-state index in [1.807, 2.05) is 0 Å². The fourth-order valence-corrected chi connectivity index (χ4v) is 1.75. The number of methoxy groups -OCH3 is 4. The number of hydrogen-bond acceptors (Lipinski definition) is 8. The molecule has 122 valence electrons. The van der Waals surface area contributed by atoms with Crippen LogP contribution in [0.2, 0.25) is 0 Å². The maximum atomic E-state index is 11.8. The molecule has 0 heterocycles. The zero-order chi connectivity index (χ0) is 16.8. The molecule has 0 amide bonds. The highest BCUT2D eigenvalue weighted by molar-refractivity contribution is 5.88. The lowest BCUT2D eigenvalue weighted by atomic mass is 10.1. The summed E-state index contributed by atoms with van der Waals surface area (Å²) in [5.41, 5.74) is -2.06. The highest BCUT2D eigenvalue weighted by atomic mass is 16.5. The van der Waals surface area contributed by atoms with Gasteiger partial charge in [-0.25, -0.2) is 4.79 Å². The molecule has 0 aliphatic rings. The minimum atomic E-state index is -2.30. The van der Waals surface area contributed by atoms with Gasteiger partial charge in [-0.1, -0.05) is 0 Å². The molecule has 0 radical (unpaired) electrons. The molecule has 0 spiro atoms. The van der Waals surface area contributed by atoms with Gasteiger partial charge in [0.15, 0.2) is 0 Å². The van der Waals surface area contributed by atoms with Crippen LogP contribution in [-0.4, -0.2) is 51.2 Å². The van der Waals surface area contributed by atoms with E-state index in [-0.39, 0.29) is 5.69 Å². The van der Waals surface area contributed by atoms with Crippen molar-refractivity contribution in [2.75, 3.05) is 33.8 Å². The molecule has 0 bridgehead atoms. The molecule has 0 saturated carbocycles. The van der Waals surface area contributed by atoms with E-state index in [4.69, 9.17) is 9.47 Å². The zero-order valence-corrected chi connectivity index (χ0v) is 12.8. The van der Waals surface area contributed by atoms with E-state index >= 15 is 0 Å². The monoisotopic (exact) mass is 313 g/mol. The second-order valence-corrected chi connectivity index (χ2v) is 4.30. The number of anilines is 1. The van der Waals surface area contributed by atoms with E-state index in [2.05, 4.69) is 14.8 Å². The molecule has 8 heteroatoms. The average molecular weight is 313 g/mol. The molecule has 0 aliphatic heterocycles. The summed E-state index contributed by atoms with van der Waals surface area (Å²) >= 11 is 0. The van der Waals surface area contributed by atoms with Gasteiger partial charge in [-0.15, -0.1) is 0 Å². The third kappa shape index (κ3) is 4.01. The van der Waals surface area contributed by atoms with Crippen LogP contribution in [0, 0.1) is 0 Å². The largest absolute Gasteiger partial charge is 0.497 e. The van der Waals surface area contributed by atoms with Crippen molar-refractivity contribution in [3.63, 3.8) is 0 Å². The van der Waals surface area contributed by atoms with E-state index in [0.717, 1.165) is 14.2 Å². The maximum absolute atomic E-state index is 11.8. The van der Waals surface area contributed by atoms with Gasteiger partial charge in [0.2, 0.25) is 5.72 Å². The number of hydrogen-bond donors (Lipinski definition) is 2. The normalized spacial score (nSPS) is 12.8. The van der Waals surface area contributed by atoms with Crippen molar-refractivity contribution < 1.29 is 33.6 Å². The lowest BCUT2D eigenvalue weighted by molar-refractivity contribution is -0.166. The Hall–Kier alpha value is -2.48. The Morgan fingerprint density at radius 1 is 1.14 bits per heavy atom. The average Bonchev–Trinajstić information content (AvgIpc) is 2.53. The molecule has 1 atom stereocenters. The smallest absolute Gasteiger partial charge is 0.359 e. The van der Waals surface area contributed by atoms with Crippen LogP contribution in [0.15, 0.2) is 18.2 Å². The minimum Gasteiger partial charge on any atom is -0.497 e. The second kappa shape index (κ2) is 7.51. The lowest BCUT2D eigenvalue weighted by Gasteiger charge is -2.27. The summed E-state index contributed by atoms with van der Waals surface area (Å²) < 4.78 is 19.2. The highest BCUT2D eigenvalue weighted by Gasteiger charge is 2.41. The first kappa shape index (κ1) is 17.6. The number of ether oxygens (including phenoxy) is 4. The van der Waals surface area contributed by atoms with Crippen LogP contribution in [0.1, 0.15) is 6.42 Å². The Morgan fingerprint density at radius 2 is 1.82 bits per heavy atom. The Labute approximate surface area is 127 Å². The zero-order valence-electron chi connectivity index (χ0n) is 12.8. The first-order chi connectivity index (χ1) is 10.4. The van der Waals surface area contributed by atoms with Crippen molar-refractivity contribution in [1.82, 2.24) is 0 Å². The Balaban J connectivity index is 3.18. The SMILES string of the molecule is COC(=O)CC(O)(Nc1cc(OC)ccc1OC)C(=O)OC. The molecular weight excluding hydrogens is 294 g/mol. The summed E-state index contributed by atoms with van der Waals surface area (Å²) in [5, 5.41) is 13.0. The molecule has 22 heavy (non-hydrogen) atoms. The van der Waals surface area contributed by atoms with Crippen molar-refractivity contribution in [1.29, 1.82) is 0 Å². The van der Waals surface area contributed by atoms with Crippen LogP contribution < -0.4 is 14.8 Å². The molecule has 8 nitrogen and oxygen atoms in total. The van der Waals surface area contributed by atoms with E-state index in [0.29, 0.717) is 11.5 Å². The van der Waals surface area contributed by atoms with Gasteiger partial charge in [-0.2, -0.15) is 0 Å². The predicted octanol–water partition coefficient (Wildman–Crippen LogP) is 0.540. The predicted molar refractivity (Wildman–Crippen MR) is 76.8 cm³/mol. The summed E-state index contributed by atoms with van der Waals surface area (Å²) in [5.74, 6) is -1.02. The Bertz CT molecular complexity index is 546. The highest BCUT2D eigenvalue weighted by Crippen LogP contribution is 2.32. The van der Waals surface area contributed by atoms with Crippen LogP contribution in [0.25, 0.3) is 0 Å². The van der Waals surface area contributed by atoms with Gasteiger partial charge in [0.25, 0.3) is 0 Å². The van der Waals surface area contributed by atoms with Gasteiger partial charge in [0, 0.05) is 6.07 Å². The third-order valence-electron chi connectivity index (χ3n) is 2.90. The van der Waals surface area contributed by atoms with Gasteiger partial charge in [0.05, 0.1) is 34.1 Å². The molecule has 0 aromatic heterocycles. The topological polar surface area (TPSA) is 103 Å². The summed E-state index contributed by atoms with van der Waals surface area (Å²) in [6.45, 7) is 0. The van der Waals surface area contributed by atoms with E-state index < -0.39 is 24.1 Å². The first-order valence-electron chi connectivity index (χ1n) is 6.28. The van der Waals surface area contributed by atoms with Crippen LogP contribution in [0.3, 0.4) is 0 Å². The van der Waals surface area contributed by atoms with Gasteiger partial charge in [0.1, 0.15) is 17.9 Å². The molecule has 1 rings (SSSR count). The number of carbonyl (C=O) groups is 2. The van der Waals surface area contributed by atoms with Gasteiger partial charge >= 0.3 is 11.9 Å². The first-order valence-corrected chi connectivity index (χ1v) is 6.28. The van der Waals surface area contributed by atoms with Crippen LogP contribution in [-0.2, 0) is 19.1 Å². The van der Waals surface area contributed by atoms with Crippen molar-refractivity contribution in [2.45, 2.75) is 12.1 Å². The molecule has 1 unspecified atom stereocenters. The Morgan fingerprint density at radius 3 is 2.32 bits per heavy atom. The number of esters is 2. The molecule has 1 aromatic rings. The van der Waals surface area contributed by atoms with Gasteiger partial charge in [-0.3, -0.25) is 4.79 Å². The quantitative estimate of drug-likeness (QED) is 0.555. The molecule has 0 saturated heterocycles. The number of benzene rings is 1. The van der Waals surface area contributed by atoms with Crippen LogP contribution >= 0.6 is 0 Å². The second-order valence-electron chi connectivity index (χ2n) is 4.30. The van der Waals surface area contributed by atoms with Crippen molar-refractivity contribution in [2.24, 2.45) is 0 Å². The Kier molecular flexibility index (Phi) is 6.00. The molecule has 1 aromatic carbocycles. The van der Waals surface area contributed by atoms with E-state index in [1.54, 1.807) is 12.1 Å². The van der Waals surface area contributed by atoms with E-state index in [9.17, 15) is 14.7 Å². The minimum absolute atomic E-state index is 0.249. The number of nitrogens with one attached hydrogen (secondary N) is 1. The number of aliphatic hydroxyl groups is 1. The van der Waals surface area contributed by atoms with Crippen LogP contribution in [0.5, 0.6) is 11.5 Å². The number of rotatable bonds is 7. The molecule has 0 aliphatic carbocycles. The fourth-order valence-electron chi connectivity index (χ4n) is 1.75. The van der Waals surface area contributed by atoms with Crippen LogP contribution in [0.4, 0.5) is 5.69 Å². The standard InChI is InChI=1S/C14H19NO7/c1-19-9-5-6-11(20-2)10(7-9)15-14(18,13(17)22-4)8-12(16)21-3/h5-7,15,18H,8H2,1-4H3. The number of carbonyl (C=O) groups excluding carboxylic acids is 2. The summed E-state index contributed by atoms with van der Waals surface area (Å²) in [6, 6.07) is 4.72. The van der Waals surface area contributed by atoms with Gasteiger partial charge < -0.3 is 29.4 Å². The van der Waals surface area contributed by atoms with Crippen molar-refractivity contribution in [3.8, 4) is 11.5 Å². The van der Waals surface area contributed by atoms with Crippen molar-refractivity contribution >= 4 is 17.6 Å². The molecule has 2 N–H and O–H groups in total. The summed E-state index contributed by atoms with van der Waals surface area (Å²) in [4.78, 5) is 23.3. The molecule has 0 fully saturated rings. The maximum Gasteiger partial charge on any atom is 0.359 e. The third-order valence-corrected chi connectivity index (χ3v) is 2.90. The van der Waals surface area contributed by atoms with Crippen molar-refractivity contribution in [3.05, 3.63) is 18.2 Å². The van der Waals surface area contributed by atoms with E-state index in [1.165, 1.54) is 20.3 Å².